The maximum atomic E-state index is 12.5. The topological polar surface area (TPSA) is 50.8 Å². The minimum absolute atomic E-state index is 0.125. The van der Waals surface area contributed by atoms with Gasteiger partial charge in [0.2, 0.25) is 0 Å². The third-order valence-corrected chi connectivity index (χ3v) is 5.57. The lowest BCUT2D eigenvalue weighted by molar-refractivity contribution is -0.127. The molecule has 1 aliphatic rings. The second kappa shape index (κ2) is 10.5. The van der Waals surface area contributed by atoms with E-state index < -0.39 is 6.10 Å². The van der Waals surface area contributed by atoms with Crippen molar-refractivity contribution < 1.29 is 14.3 Å². The fraction of sp³-hybridized carbons (Fsp3) is 0.480. The van der Waals surface area contributed by atoms with E-state index in [-0.39, 0.29) is 5.91 Å². The number of likely N-dealkylation sites (tertiary alicyclic amines) is 1. The molecule has 162 valence electrons. The molecule has 1 atom stereocenters. The van der Waals surface area contributed by atoms with Crippen LogP contribution in [0, 0.1) is 0 Å². The molecule has 3 rings (SSSR count). The van der Waals surface area contributed by atoms with Gasteiger partial charge in [-0.3, -0.25) is 4.79 Å². The first kappa shape index (κ1) is 22.2. The number of piperidine rings is 1. The molecule has 1 heterocycles. The molecule has 1 aliphatic heterocycles. The number of carbonyl (C=O) groups is 1. The summed E-state index contributed by atoms with van der Waals surface area (Å²) in [6.07, 6.45) is 1.86. The molecular formula is C25H34N2O3. The van der Waals surface area contributed by atoms with Crippen molar-refractivity contribution in [1.82, 2.24) is 10.2 Å². The summed E-state index contributed by atoms with van der Waals surface area (Å²) >= 11 is 0. The van der Waals surface area contributed by atoms with E-state index in [1.165, 1.54) is 0 Å². The van der Waals surface area contributed by atoms with E-state index in [9.17, 15) is 4.79 Å². The van der Waals surface area contributed by atoms with Gasteiger partial charge in [-0.15, -0.1) is 0 Å². The van der Waals surface area contributed by atoms with E-state index in [1.807, 2.05) is 48.5 Å². The first-order valence-corrected chi connectivity index (χ1v) is 10.9. The molecule has 2 aromatic carbocycles. The molecule has 5 nitrogen and oxygen atoms in total. The van der Waals surface area contributed by atoms with Crippen molar-refractivity contribution in [2.24, 2.45) is 0 Å². The van der Waals surface area contributed by atoms with Gasteiger partial charge in [-0.2, -0.15) is 0 Å². The molecule has 1 saturated heterocycles. The van der Waals surface area contributed by atoms with Gasteiger partial charge in [0.25, 0.3) is 5.91 Å². The number of carbonyl (C=O) groups excluding carboxylic acids is 1. The van der Waals surface area contributed by atoms with Crippen molar-refractivity contribution in [2.45, 2.75) is 58.3 Å². The zero-order valence-corrected chi connectivity index (χ0v) is 18.6. The van der Waals surface area contributed by atoms with Gasteiger partial charge in [0, 0.05) is 19.6 Å². The number of ether oxygens (including phenoxy) is 2. The number of amides is 1. The Labute approximate surface area is 180 Å². The molecule has 0 aliphatic carbocycles. The first-order chi connectivity index (χ1) is 14.4. The van der Waals surface area contributed by atoms with Crippen molar-refractivity contribution >= 4 is 5.91 Å². The molecule has 0 spiro atoms. The van der Waals surface area contributed by atoms with Crippen molar-refractivity contribution in [3.05, 3.63) is 59.7 Å². The number of nitrogens with zero attached hydrogens (tertiary/aromatic N) is 1. The predicted octanol–water partition coefficient (Wildman–Crippen LogP) is 4.37. The average molecular weight is 411 g/mol. The molecule has 0 aromatic heterocycles. The fourth-order valence-corrected chi connectivity index (χ4v) is 3.62. The van der Waals surface area contributed by atoms with Crippen LogP contribution in [-0.2, 0) is 11.3 Å². The van der Waals surface area contributed by atoms with Crippen LogP contribution in [0.15, 0.2) is 48.5 Å². The highest BCUT2D eigenvalue weighted by molar-refractivity contribution is 5.80. The van der Waals surface area contributed by atoms with Crippen LogP contribution in [-0.4, -0.2) is 43.2 Å². The van der Waals surface area contributed by atoms with Gasteiger partial charge in [0.15, 0.2) is 6.10 Å². The number of benzene rings is 2. The lowest BCUT2D eigenvalue weighted by Crippen LogP contribution is -2.36. The van der Waals surface area contributed by atoms with Crippen LogP contribution >= 0.6 is 0 Å². The summed E-state index contributed by atoms with van der Waals surface area (Å²) in [6.45, 7) is 8.64. The molecule has 0 unspecified atom stereocenters. The second-order valence-corrected chi connectivity index (χ2v) is 8.43. The number of nitrogens with one attached hydrogen (secondary N) is 1. The summed E-state index contributed by atoms with van der Waals surface area (Å²) in [4.78, 5) is 14.8. The van der Waals surface area contributed by atoms with E-state index in [1.54, 1.807) is 6.92 Å². The minimum Gasteiger partial charge on any atom is -0.490 e. The highest BCUT2D eigenvalue weighted by Gasteiger charge is 2.19. The summed E-state index contributed by atoms with van der Waals surface area (Å²) in [7, 11) is 2.15. The predicted molar refractivity (Wildman–Crippen MR) is 120 cm³/mol. The van der Waals surface area contributed by atoms with E-state index in [0.29, 0.717) is 18.6 Å². The Morgan fingerprint density at radius 2 is 1.73 bits per heavy atom. The quantitative estimate of drug-likeness (QED) is 0.702. The molecule has 1 amide bonds. The number of para-hydroxylation sites is 1. The minimum atomic E-state index is -0.558. The molecule has 1 N–H and O–H groups in total. The maximum Gasteiger partial charge on any atom is 0.261 e. The summed E-state index contributed by atoms with van der Waals surface area (Å²) in [6, 6.07) is 15.9. The van der Waals surface area contributed by atoms with Gasteiger partial charge in [-0.25, -0.2) is 0 Å². The van der Waals surface area contributed by atoms with Crippen LogP contribution in [0.25, 0.3) is 0 Å². The van der Waals surface area contributed by atoms with Crippen LogP contribution < -0.4 is 14.8 Å². The highest BCUT2D eigenvalue weighted by atomic mass is 16.5. The van der Waals surface area contributed by atoms with Gasteiger partial charge in [-0.1, -0.05) is 44.2 Å². The van der Waals surface area contributed by atoms with Gasteiger partial charge in [0.05, 0.1) is 0 Å². The van der Waals surface area contributed by atoms with Crippen LogP contribution in [0.4, 0.5) is 0 Å². The molecule has 1 fully saturated rings. The van der Waals surface area contributed by atoms with Gasteiger partial charge >= 0.3 is 0 Å². The zero-order valence-electron chi connectivity index (χ0n) is 18.6. The monoisotopic (exact) mass is 410 g/mol. The Morgan fingerprint density at radius 3 is 2.40 bits per heavy atom. The van der Waals surface area contributed by atoms with Gasteiger partial charge in [-0.05, 0) is 62.1 Å². The molecule has 30 heavy (non-hydrogen) atoms. The molecule has 2 aromatic rings. The zero-order chi connectivity index (χ0) is 21.5. The molecule has 0 bridgehead atoms. The normalized spacial score (nSPS) is 16.3. The van der Waals surface area contributed by atoms with Crippen molar-refractivity contribution in [2.75, 3.05) is 20.1 Å². The Kier molecular flexibility index (Phi) is 7.75. The van der Waals surface area contributed by atoms with Crippen molar-refractivity contribution in [3.8, 4) is 11.5 Å². The van der Waals surface area contributed by atoms with Gasteiger partial charge in [0.1, 0.15) is 17.6 Å². The summed E-state index contributed by atoms with van der Waals surface area (Å²) in [5.41, 5.74) is 2.14. The Bertz CT molecular complexity index is 811. The molecule has 0 saturated carbocycles. The van der Waals surface area contributed by atoms with E-state index >= 15 is 0 Å². The first-order valence-electron chi connectivity index (χ1n) is 10.9. The maximum absolute atomic E-state index is 12.5. The van der Waals surface area contributed by atoms with E-state index in [0.717, 1.165) is 48.6 Å². The van der Waals surface area contributed by atoms with Crippen molar-refractivity contribution in [3.63, 3.8) is 0 Å². The summed E-state index contributed by atoms with van der Waals surface area (Å²) < 4.78 is 12.0. The van der Waals surface area contributed by atoms with Gasteiger partial charge < -0.3 is 19.7 Å². The third-order valence-electron chi connectivity index (χ3n) is 5.57. The van der Waals surface area contributed by atoms with Crippen LogP contribution in [0.2, 0.25) is 0 Å². The second-order valence-electron chi connectivity index (χ2n) is 8.43. The third kappa shape index (κ3) is 6.23. The molecular weight excluding hydrogens is 376 g/mol. The van der Waals surface area contributed by atoms with Crippen LogP contribution in [0.3, 0.4) is 0 Å². The smallest absolute Gasteiger partial charge is 0.261 e. The molecule has 5 heteroatoms. The summed E-state index contributed by atoms with van der Waals surface area (Å²) in [5, 5.41) is 2.96. The largest absolute Gasteiger partial charge is 0.490 e. The Morgan fingerprint density at radius 1 is 1.07 bits per heavy atom. The van der Waals surface area contributed by atoms with E-state index in [4.69, 9.17) is 9.47 Å². The Hall–Kier alpha value is -2.53. The average Bonchev–Trinajstić information content (AvgIpc) is 2.75. The van der Waals surface area contributed by atoms with E-state index in [2.05, 4.69) is 31.1 Å². The summed E-state index contributed by atoms with van der Waals surface area (Å²) in [5.74, 6) is 1.87. The van der Waals surface area contributed by atoms with Crippen LogP contribution in [0.1, 0.15) is 50.7 Å². The standard InChI is InChI=1S/C25H34N2O3/c1-18(2)23-7-5-6-8-24(23)29-19(3)25(28)26-17-20-9-11-21(12-10-20)30-22-13-15-27(4)16-14-22/h5-12,18-19,22H,13-17H2,1-4H3,(H,26,28)/t19-/m0/s1. The fourth-order valence-electron chi connectivity index (χ4n) is 3.62. The number of rotatable bonds is 8. The van der Waals surface area contributed by atoms with Crippen LogP contribution in [0.5, 0.6) is 11.5 Å². The Balaban J connectivity index is 1.47. The highest BCUT2D eigenvalue weighted by Crippen LogP contribution is 2.26. The number of hydrogen-bond donors (Lipinski definition) is 1. The molecule has 0 radical (unpaired) electrons. The lowest BCUT2D eigenvalue weighted by Gasteiger charge is -2.29. The van der Waals surface area contributed by atoms with Crippen molar-refractivity contribution in [1.29, 1.82) is 0 Å². The SMILES string of the molecule is CC(C)c1ccccc1O[C@@H](C)C(=O)NCc1ccc(OC2CCN(C)CC2)cc1. The lowest BCUT2D eigenvalue weighted by atomic mass is 10.0. The number of hydrogen-bond acceptors (Lipinski definition) is 4.